The summed E-state index contributed by atoms with van der Waals surface area (Å²) in [7, 11) is 1.75. The Morgan fingerprint density at radius 3 is 2.76 bits per heavy atom. The van der Waals surface area contributed by atoms with E-state index in [1.807, 2.05) is 0 Å². The van der Waals surface area contributed by atoms with Crippen molar-refractivity contribution in [3.05, 3.63) is 35.6 Å². The molecule has 0 spiro atoms. The van der Waals surface area contributed by atoms with Crippen molar-refractivity contribution in [2.45, 2.75) is 31.8 Å². The van der Waals surface area contributed by atoms with Crippen LogP contribution in [0, 0.1) is 5.82 Å². The molecule has 2 rings (SSSR count). The summed E-state index contributed by atoms with van der Waals surface area (Å²) in [5.41, 5.74) is 0.907. The van der Waals surface area contributed by atoms with Crippen LogP contribution in [0.1, 0.15) is 24.8 Å². The smallest absolute Gasteiger partial charge is 0.236 e. The minimum Gasteiger partial charge on any atom is -0.395 e. The summed E-state index contributed by atoms with van der Waals surface area (Å²) in [4.78, 5) is 16.0. The number of rotatable bonds is 5. The summed E-state index contributed by atoms with van der Waals surface area (Å²) < 4.78 is 12.9. The molecule has 5 heteroatoms. The van der Waals surface area contributed by atoms with Gasteiger partial charge in [0.1, 0.15) is 5.82 Å². The molecule has 21 heavy (non-hydrogen) atoms. The number of hydrogen-bond acceptors (Lipinski definition) is 3. The Morgan fingerprint density at radius 2 is 2.10 bits per heavy atom. The van der Waals surface area contributed by atoms with Crippen molar-refractivity contribution in [2.75, 3.05) is 26.7 Å². The zero-order valence-electron chi connectivity index (χ0n) is 12.5. The molecule has 1 aromatic rings. The number of carbonyl (C=O) groups is 1. The monoisotopic (exact) mass is 294 g/mol. The van der Waals surface area contributed by atoms with E-state index in [9.17, 15) is 14.3 Å². The van der Waals surface area contributed by atoms with E-state index in [0.717, 1.165) is 31.4 Å². The average Bonchev–Trinajstić information content (AvgIpc) is 2.50. The zero-order chi connectivity index (χ0) is 15.2. The first-order valence-corrected chi connectivity index (χ1v) is 7.43. The third-order valence-electron chi connectivity index (χ3n) is 4.06. The van der Waals surface area contributed by atoms with Crippen LogP contribution >= 0.6 is 0 Å². The molecule has 0 aliphatic carbocycles. The van der Waals surface area contributed by atoms with E-state index in [2.05, 4.69) is 4.90 Å². The molecule has 1 amide bonds. The number of aliphatic hydroxyl groups is 1. The number of likely N-dealkylation sites (N-methyl/N-ethyl adjacent to an activating group) is 1. The molecule has 0 radical (unpaired) electrons. The normalized spacial score (nSPS) is 19.5. The van der Waals surface area contributed by atoms with Crippen LogP contribution in [-0.4, -0.2) is 53.6 Å². The number of hydrogen-bond donors (Lipinski definition) is 1. The number of halogens is 1. The van der Waals surface area contributed by atoms with Gasteiger partial charge >= 0.3 is 0 Å². The van der Waals surface area contributed by atoms with Crippen molar-refractivity contribution < 1.29 is 14.3 Å². The fourth-order valence-corrected chi connectivity index (χ4v) is 2.72. The van der Waals surface area contributed by atoms with Gasteiger partial charge in [-0.3, -0.25) is 9.69 Å². The third-order valence-corrected chi connectivity index (χ3v) is 4.06. The van der Waals surface area contributed by atoms with Gasteiger partial charge in [0.15, 0.2) is 0 Å². The Balaban J connectivity index is 1.88. The van der Waals surface area contributed by atoms with Crippen molar-refractivity contribution in [3.63, 3.8) is 0 Å². The summed E-state index contributed by atoms with van der Waals surface area (Å²) in [5.74, 6) is -0.244. The molecule has 1 atom stereocenters. The molecule has 116 valence electrons. The highest BCUT2D eigenvalue weighted by Gasteiger charge is 2.24. The molecule has 1 N–H and O–H groups in total. The number of aliphatic hydroxyl groups excluding tert-OH is 1. The minimum atomic E-state index is -0.271. The van der Waals surface area contributed by atoms with E-state index in [-0.39, 0.29) is 24.4 Å². The van der Waals surface area contributed by atoms with Gasteiger partial charge in [0, 0.05) is 19.6 Å². The van der Waals surface area contributed by atoms with Gasteiger partial charge in [-0.1, -0.05) is 18.6 Å². The van der Waals surface area contributed by atoms with Gasteiger partial charge in [-0.2, -0.15) is 0 Å². The van der Waals surface area contributed by atoms with Crippen LogP contribution in [-0.2, 0) is 11.3 Å². The summed E-state index contributed by atoms with van der Waals surface area (Å²) in [6.07, 6.45) is 3.14. The second kappa shape index (κ2) is 7.52. The minimum absolute atomic E-state index is 0.0275. The Morgan fingerprint density at radius 1 is 1.38 bits per heavy atom. The van der Waals surface area contributed by atoms with Gasteiger partial charge in [0.05, 0.1) is 13.2 Å². The first-order chi connectivity index (χ1) is 10.1. The van der Waals surface area contributed by atoms with Crippen molar-refractivity contribution in [1.82, 2.24) is 9.80 Å². The Hall–Kier alpha value is -1.46. The van der Waals surface area contributed by atoms with Crippen LogP contribution in [0.3, 0.4) is 0 Å². The molecule has 1 saturated heterocycles. The highest BCUT2D eigenvalue weighted by molar-refractivity contribution is 5.78. The van der Waals surface area contributed by atoms with Gasteiger partial charge in [0.2, 0.25) is 5.91 Å². The predicted octanol–water partition coefficient (Wildman–Crippen LogP) is 1.63. The number of amides is 1. The largest absolute Gasteiger partial charge is 0.395 e. The van der Waals surface area contributed by atoms with Gasteiger partial charge < -0.3 is 10.0 Å². The lowest BCUT2D eigenvalue weighted by Crippen LogP contribution is -2.47. The van der Waals surface area contributed by atoms with E-state index < -0.39 is 0 Å². The van der Waals surface area contributed by atoms with E-state index >= 15 is 0 Å². The number of piperidine rings is 1. The molecule has 1 aromatic carbocycles. The van der Waals surface area contributed by atoms with Gasteiger partial charge in [-0.05, 0) is 37.1 Å². The first-order valence-electron chi connectivity index (χ1n) is 7.43. The molecule has 1 aliphatic heterocycles. The molecule has 1 unspecified atom stereocenters. The highest BCUT2D eigenvalue weighted by Crippen LogP contribution is 2.16. The standard InChI is InChI=1S/C16H23FN2O2/c1-18(10-13-5-7-14(17)8-6-13)16(21)11-19-9-3-2-4-15(19)12-20/h5-8,15,20H,2-4,9-12H2,1H3. The van der Waals surface area contributed by atoms with Crippen LogP contribution in [0.25, 0.3) is 0 Å². The summed E-state index contributed by atoms with van der Waals surface area (Å²) >= 11 is 0. The fraction of sp³-hybridized carbons (Fsp3) is 0.562. The van der Waals surface area contributed by atoms with Crippen LogP contribution in [0.5, 0.6) is 0 Å². The van der Waals surface area contributed by atoms with E-state index in [1.54, 1.807) is 24.1 Å². The SMILES string of the molecule is CN(Cc1ccc(F)cc1)C(=O)CN1CCCCC1CO. The second-order valence-corrected chi connectivity index (χ2v) is 5.68. The third kappa shape index (κ3) is 4.51. The Bertz CT molecular complexity index is 464. The molecule has 0 bridgehead atoms. The number of likely N-dealkylation sites (tertiary alicyclic amines) is 1. The maximum Gasteiger partial charge on any atom is 0.236 e. The molecule has 0 saturated carbocycles. The lowest BCUT2D eigenvalue weighted by molar-refractivity contribution is -0.132. The molecule has 4 nitrogen and oxygen atoms in total. The summed E-state index contributed by atoms with van der Waals surface area (Å²) in [6, 6.07) is 6.29. The molecule has 1 heterocycles. The first kappa shape index (κ1) is 15.9. The van der Waals surface area contributed by atoms with Gasteiger partial charge in [0.25, 0.3) is 0 Å². The van der Waals surface area contributed by atoms with E-state index in [4.69, 9.17) is 0 Å². The van der Waals surface area contributed by atoms with Crippen LogP contribution in [0.15, 0.2) is 24.3 Å². The van der Waals surface area contributed by atoms with Gasteiger partial charge in [-0.15, -0.1) is 0 Å². The van der Waals surface area contributed by atoms with Crippen molar-refractivity contribution >= 4 is 5.91 Å². The summed E-state index contributed by atoms with van der Waals surface area (Å²) in [5, 5.41) is 9.37. The quantitative estimate of drug-likeness (QED) is 0.897. The van der Waals surface area contributed by atoms with Crippen molar-refractivity contribution in [1.29, 1.82) is 0 Å². The molecule has 0 aromatic heterocycles. The average molecular weight is 294 g/mol. The maximum absolute atomic E-state index is 12.9. The fourth-order valence-electron chi connectivity index (χ4n) is 2.72. The lowest BCUT2D eigenvalue weighted by atomic mass is 10.0. The van der Waals surface area contributed by atoms with E-state index in [1.165, 1.54) is 12.1 Å². The number of carbonyl (C=O) groups excluding carboxylic acids is 1. The van der Waals surface area contributed by atoms with Crippen molar-refractivity contribution in [2.24, 2.45) is 0 Å². The van der Waals surface area contributed by atoms with E-state index in [0.29, 0.717) is 13.1 Å². The molecule has 1 aliphatic rings. The predicted molar refractivity (Wildman–Crippen MR) is 79.2 cm³/mol. The van der Waals surface area contributed by atoms with Crippen LogP contribution in [0.4, 0.5) is 4.39 Å². The topological polar surface area (TPSA) is 43.8 Å². The van der Waals surface area contributed by atoms with Gasteiger partial charge in [-0.25, -0.2) is 4.39 Å². The second-order valence-electron chi connectivity index (χ2n) is 5.68. The van der Waals surface area contributed by atoms with Crippen molar-refractivity contribution in [3.8, 4) is 0 Å². The maximum atomic E-state index is 12.9. The highest BCUT2D eigenvalue weighted by atomic mass is 19.1. The molecular weight excluding hydrogens is 271 g/mol. The Labute approximate surface area is 125 Å². The molecular formula is C16H23FN2O2. The zero-order valence-corrected chi connectivity index (χ0v) is 12.5. The Kier molecular flexibility index (Phi) is 5.70. The number of benzene rings is 1. The van der Waals surface area contributed by atoms with Crippen LogP contribution in [0.2, 0.25) is 0 Å². The summed E-state index contributed by atoms with van der Waals surface area (Å²) in [6.45, 7) is 1.77. The number of nitrogens with zero attached hydrogens (tertiary/aromatic N) is 2. The van der Waals surface area contributed by atoms with Crippen LogP contribution < -0.4 is 0 Å². The lowest BCUT2D eigenvalue weighted by Gasteiger charge is -2.34. The molecule has 1 fully saturated rings.